The van der Waals surface area contributed by atoms with E-state index in [0.29, 0.717) is 66.2 Å². The van der Waals surface area contributed by atoms with Crippen molar-refractivity contribution in [2.24, 2.45) is 5.92 Å². The van der Waals surface area contributed by atoms with E-state index in [9.17, 15) is 4.39 Å². The van der Waals surface area contributed by atoms with Crippen LogP contribution < -0.4 is 15.0 Å². The summed E-state index contributed by atoms with van der Waals surface area (Å²) in [7, 11) is 0. The van der Waals surface area contributed by atoms with E-state index in [4.69, 9.17) is 20.9 Å². The summed E-state index contributed by atoms with van der Waals surface area (Å²) < 4.78 is 58.5. The molecule has 4 bridgehead atoms. The van der Waals surface area contributed by atoms with Crippen LogP contribution in [-0.4, -0.2) is 78.5 Å². The third kappa shape index (κ3) is 6.20. The number of nitrogens with one attached hydrogen (secondary N) is 1. The van der Waals surface area contributed by atoms with Crippen LogP contribution in [0.3, 0.4) is 0 Å². The molecule has 1 N–H and O–H groups in total. The number of rotatable bonds is 9. The number of aromatic nitrogens is 2. The average molecular weight is 632 g/mol. The zero-order valence-corrected chi connectivity index (χ0v) is 26.2. The number of terminal acetylenes is 1. The molecule has 1 aromatic heterocycles. The van der Waals surface area contributed by atoms with Crippen LogP contribution in [0.15, 0.2) is 47.8 Å². The van der Waals surface area contributed by atoms with Gasteiger partial charge in [-0.05, 0) is 68.7 Å². The minimum atomic E-state index is -0.755. The third-order valence-corrected chi connectivity index (χ3v) is 9.99. The van der Waals surface area contributed by atoms with Gasteiger partial charge in [-0.3, -0.25) is 4.90 Å². The summed E-state index contributed by atoms with van der Waals surface area (Å²) in [5.74, 6) is 0.313. The molecule has 0 saturated carbocycles. The normalized spacial score (nSPS) is 27.7. The van der Waals surface area contributed by atoms with E-state index in [1.807, 2.05) is 0 Å². The molecular weight excluding hydrogens is 591 g/mol. The summed E-state index contributed by atoms with van der Waals surface area (Å²) in [4.78, 5) is 13.9. The van der Waals surface area contributed by atoms with Crippen molar-refractivity contribution in [1.29, 1.82) is 0 Å². The molecule has 5 aliphatic rings. The van der Waals surface area contributed by atoms with E-state index in [2.05, 4.69) is 26.0 Å². The second-order valence-electron chi connectivity index (χ2n) is 13.1. The molecule has 242 valence electrons. The lowest BCUT2D eigenvalue weighted by Crippen LogP contribution is -2.51. The Labute approximate surface area is 268 Å². The van der Waals surface area contributed by atoms with Crippen molar-refractivity contribution in [3.05, 3.63) is 65.0 Å². The molecule has 4 aliphatic heterocycles. The topological polar surface area (TPSA) is 62.8 Å². The Morgan fingerprint density at radius 1 is 1.17 bits per heavy atom. The minimum Gasteiger partial charge on any atom is -0.463 e. The summed E-state index contributed by atoms with van der Waals surface area (Å²) in [5.41, 5.74) is 1.02. The van der Waals surface area contributed by atoms with Crippen molar-refractivity contribution in [1.82, 2.24) is 20.2 Å². The number of hydrogen-bond donors (Lipinski definition) is 1. The molecule has 5 heterocycles. The molecule has 46 heavy (non-hydrogen) atoms. The van der Waals surface area contributed by atoms with Gasteiger partial charge in [0.2, 0.25) is 0 Å². The number of fused-ring (bicyclic) bond motifs is 5. The van der Waals surface area contributed by atoms with Crippen LogP contribution in [0.5, 0.6) is 6.01 Å². The number of allylic oxidation sites excluding steroid dienone is 8. The van der Waals surface area contributed by atoms with Gasteiger partial charge in [-0.15, -0.1) is 6.42 Å². The molecule has 7 rings (SSSR count). The van der Waals surface area contributed by atoms with Crippen LogP contribution in [0.4, 0.5) is 19.0 Å². The molecule has 2 aromatic rings. The molecule has 1 aliphatic carbocycles. The first-order valence-corrected chi connectivity index (χ1v) is 16.4. The number of halogens is 3. The number of benzene rings is 1. The SMILES string of the molecule is C#CC(C)/C(F)=C\C=C1\C=CC=C(c2c(F)cc3c(N4CC5CCC(C4)N5)nc(OCCCN4C5CCC4COC5)nc3c2F)C1. The zero-order valence-electron chi connectivity index (χ0n) is 26.2. The number of nitrogens with zero attached hydrogens (tertiary/aromatic N) is 4. The van der Waals surface area contributed by atoms with Crippen molar-refractivity contribution < 1.29 is 22.6 Å². The number of piperazine rings is 1. The van der Waals surface area contributed by atoms with E-state index in [1.54, 1.807) is 31.2 Å². The Morgan fingerprint density at radius 3 is 2.67 bits per heavy atom. The van der Waals surface area contributed by atoms with Gasteiger partial charge in [0.05, 0.1) is 31.3 Å². The molecule has 4 fully saturated rings. The number of hydrogen-bond acceptors (Lipinski definition) is 7. The zero-order chi connectivity index (χ0) is 31.8. The first kappa shape index (κ1) is 31.0. The van der Waals surface area contributed by atoms with Gasteiger partial charge in [0.25, 0.3) is 0 Å². The fourth-order valence-electron chi connectivity index (χ4n) is 7.54. The van der Waals surface area contributed by atoms with Crippen molar-refractivity contribution in [3.8, 4) is 18.4 Å². The Bertz CT molecular complexity index is 1640. The summed E-state index contributed by atoms with van der Waals surface area (Å²) in [6, 6.07) is 2.98. The van der Waals surface area contributed by atoms with Gasteiger partial charge in [-0.25, -0.2) is 13.2 Å². The van der Waals surface area contributed by atoms with Crippen LogP contribution in [0.2, 0.25) is 0 Å². The lowest BCUT2D eigenvalue weighted by molar-refractivity contribution is -0.0161. The second kappa shape index (κ2) is 13.2. The molecule has 10 heteroatoms. The van der Waals surface area contributed by atoms with E-state index in [-0.39, 0.29) is 23.5 Å². The highest BCUT2D eigenvalue weighted by Crippen LogP contribution is 2.38. The lowest BCUT2D eigenvalue weighted by atomic mass is 9.92. The third-order valence-electron chi connectivity index (χ3n) is 9.99. The van der Waals surface area contributed by atoms with Gasteiger partial charge in [0.1, 0.15) is 23.0 Å². The van der Waals surface area contributed by atoms with Crippen LogP contribution in [0.25, 0.3) is 16.5 Å². The largest absolute Gasteiger partial charge is 0.463 e. The maximum Gasteiger partial charge on any atom is 0.319 e. The Morgan fingerprint density at radius 2 is 1.93 bits per heavy atom. The minimum absolute atomic E-state index is 0.0308. The molecule has 0 spiro atoms. The van der Waals surface area contributed by atoms with Gasteiger partial charge in [0, 0.05) is 49.2 Å². The highest BCUT2D eigenvalue weighted by atomic mass is 19.1. The van der Waals surface area contributed by atoms with Crippen molar-refractivity contribution in [3.63, 3.8) is 0 Å². The molecular formula is C36H40F3N5O2. The lowest BCUT2D eigenvalue weighted by Gasteiger charge is -2.34. The number of anilines is 1. The van der Waals surface area contributed by atoms with Gasteiger partial charge in [-0.2, -0.15) is 9.97 Å². The van der Waals surface area contributed by atoms with E-state index >= 15 is 8.78 Å². The van der Waals surface area contributed by atoms with Gasteiger partial charge in [0.15, 0.2) is 5.82 Å². The van der Waals surface area contributed by atoms with Gasteiger partial charge in [-0.1, -0.05) is 30.2 Å². The van der Waals surface area contributed by atoms with Crippen LogP contribution in [0, 0.1) is 29.9 Å². The Balaban J connectivity index is 1.18. The smallest absolute Gasteiger partial charge is 0.319 e. The molecule has 0 radical (unpaired) electrons. The summed E-state index contributed by atoms with van der Waals surface area (Å²) >= 11 is 0. The predicted molar refractivity (Wildman–Crippen MR) is 173 cm³/mol. The van der Waals surface area contributed by atoms with Crippen molar-refractivity contribution in [2.75, 3.05) is 44.4 Å². The number of morpholine rings is 1. The fraction of sp³-hybridized carbons (Fsp3) is 0.500. The maximum atomic E-state index is 16.5. The van der Waals surface area contributed by atoms with E-state index < -0.39 is 23.4 Å². The second-order valence-corrected chi connectivity index (χ2v) is 13.1. The molecule has 4 saturated heterocycles. The van der Waals surface area contributed by atoms with Crippen LogP contribution in [0.1, 0.15) is 51.0 Å². The van der Waals surface area contributed by atoms with Crippen LogP contribution >= 0.6 is 0 Å². The first-order valence-electron chi connectivity index (χ1n) is 16.4. The maximum absolute atomic E-state index is 16.5. The predicted octanol–water partition coefficient (Wildman–Crippen LogP) is 5.87. The van der Waals surface area contributed by atoms with Crippen molar-refractivity contribution in [2.45, 2.75) is 69.6 Å². The van der Waals surface area contributed by atoms with Crippen molar-refractivity contribution >= 4 is 22.3 Å². The fourth-order valence-corrected chi connectivity index (χ4v) is 7.54. The van der Waals surface area contributed by atoms with Crippen LogP contribution in [-0.2, 0) is 4.74 Å². The highest BCUT2D eigenvalue weighted by Gasteiger charge is 2.37. The van der Waals surface area contributed by atoms with Gasteiger partial charge >= 0.3 is 6.01 Å². The molecule has 1 aromatic carbocycles. The molecule has 0 amide bonds. The number of ether oxygens (including phenoxy) is 2. The molecule has 5 atom stereocenters. The average Bonchev–Trinajstić information content (AvgIpc) is 3.51. The highest BCUT2D eigenvalue weighted by molar-refractivity contribution is 5.93. The standard InChI is InChI=1S/C36H40F3N5O2/c1-3-22(2)30(37)13-8-23-6-4-7-24(16-23)32-31(38)17-29-34(33(32)39)41-36(42-35(29)43-18-25-9-10-26(19-43)40-25)46-15-5-14-44-27-11-12-28(44)21-45-20-27/h1,4,6-8,13,17,22,25-28,40H,5,9-12,14-16,18-21H2,2H3/b23-8-,30-13+. The van der Waals surface area contributed by atoms with Gasteiger partial charge < -0.3 is 19.7 Å². The van der Waals surface area contributed by atoms with E-state index in [1.165, 1.54) is 12.1 Å². The summed E-state index contributed by atoms with van der Waals surface area (Å²) in [6.07, 6.45) is 18.9. The summed E-state index contributed by atoms with van der Waals surface area (Å²) in [5, 5.41) is 3.94. The quantitative estimate of drug-likeness (QED) is 0.274. The summed E-state index contributed by atoms with van der Waals surface area (Å²) in [6.45, 7) is 5.82. The van der Waals surface area contributed by atoms with E-state index in [0.717, 1.165) is 51.9 Å². The Hall–Kier alpha value is -3.65. The Kier molecular flexibility index (Phi) is 8.90. The first-order chi connectivity index (χ1) is 22.4. The monoisotopic (exact) mass is 631 g/mol. The molecule has 5 unspecified atom stereocenters. The molecule has 7 nitrogen and oxygen atoms in total.